The largest absolute Gasteiger partial charge is 0.377 e. The van der Waals surface area contributed by atoms with Crippen molar-refractivity contribution in [2.45, 2.75) is 32.9 Å². The molecule has 0 spiro atoms. The van der Waals surface area contributed by atoms with Gasteiger partial charge in [-0.1, -0.05) is 6.07 Å². The van der Waals surface area contributed by atoms with Gasteiger partial charge in [0.1, 0.15) is 11.3 Å². The first kappa shape index (κ1) is 14.3. The Morgan fingerprint density at radius 2 is 2.21 bits per heavy atom. The number of aryl methyl sites for hydroxylation is 1. The van der Waals surface area contributed by atoms with Crippen LogP contribution in [0.25, 0.3) is 11.0 Å². The van der Waals surface area contributed by atoms with Gasteiger partial charge in [0.25, 0.3) is 0 Å². The number of imidazole rings is 1. The molecule has 0 radical (unpaired) electrons. The number of fused-ring (bicyclic) bond motifs is 1. The van der Waals surface area contributed by atoms with Gasteiger partial charge >= 0.3 is 0 Å². The molecule has 104 valence electrons. The van der Waals surface area contributed by atoms with Crippen LogP contribution in [0.4, 0.5) is 4.39 Å². The van der Waals surface area contributed by atoms with Crippen molar-refractivity contribution in [3.05, 3.63) is 29.8 Å². The Labute approximate surface area is 117 Å². The average molecular weight is 285 g/mol. The zero-order valence-electron chi connectivity index (χ0n) is 11.2. The second kappa shape index (κ2) is 6.35. The molecule has 1 aromatic heterocycles. The van der Waals surface area contributed by atoms with E-state index in [4.69, 9.17) is 16.3 Å². The summed E-state index contributed by atoms with van der Waals surface area (Å²) in [6, 6.07) is 5.00. The van der Waals surface area contributed by atoms with Crippen LogP contribution in [0.5, 0.6) is 0 Å². The lowest BCUT2D eigenvalue weighted by molar-refractivity contribution is 0.0729. The molecule has 0 atom stereocenters. The van der Waals surface area contributed by atoms with Crippen LogP contribution in [0, 0.1) is 5.82 Å². The summed E-state index contributed by atoms with van der Waals surface area (Å²) in [5, 5.41) is 0. The van der Waals surface area contributed by atoms with Gasteiger partial charge in [-0.15, -0.1) is 11.6 Å². The van der Waals surface area contributed by atoms with Gasteiger partial charge in [-0.2, -0.15) is 0 Å². The van der Waals surface area contributed by atoms with E-state index in [1.807, 2.05) is 24.5 Å². The molecular weight excluding hydrogens is 267 g/mol. The maximum atomic E-state index is 13.7. The average Bonchev–Trinajstić information content (AvgIpc) is 2.70. The first-order valence-electron chi connectivity index (χ1n) is 6.44. The minimum absolute atomic E-state index is 0.183. The Morgan fingerprint density at radius 3 is 2.89 bits per heavy atom. The molecule has 0 unspecified atom stereocenters. The monoisotopic (exact) mass is 284 g/mol. The summed E-state index contributed by atoms with van der Waals surface area (Å²) < 4.78 is 21.3. The molecule has 0 N–H and O–H groups in total. The lowest BCUT2D eigenvalue weighted by Gasteiger charge is -2.11. The molecule has 0 amide bonds. The topological polar surface area (TPSA) is 27.1 Å². The molecule has 0 saturated heterocycles. The predicted molar refractivity (Wildman–Crippen MR) is 75.2 cm³/mol. The minimum Gasteiger partial charge on any atom is -0.377 e. The van der Waals surface area contributed by atoms with E-state index in [-0.39, 0.29) is 11.9 Å². The van der Waals surface area contributed by atoms with Crippen molar-refractivity contribution in [3.63, 3.8) is 0 Å². The lowest BCUT2D eigenvalue weighted by atomic mass is 10.3. The van der Waals surface area contributed by atoms with Crippen LogP contribution in [0.2, 0.25) is 0 Å². The summed E-state index contributed by atoms with van der Waals surface area (Å²) in [5.41, 5.74) is 1.21. The van der Waals surface area contributed by atoms with Gasteiger partial charge in [-0.3, -0.25) is 0 Å². The van der Waals surface area contributed by atoms with Crippen molar-refractivity contribution in [1.29, 1.82) is 0 Å². The molecule has 0 aliphatic carbocycles. The van der Waals surface area contributed by atoms with Crippen LogP contribution in [-0.4, -0.2) is 28.1 Å². The van der Waals surface area contributed by atoms with E-state index in [0.717, 1.165) is 11.3 Å². The Bertz CT molecular complexity index is 554. The first-order chi connectivity index (χ1) is 9.13. The quantitative estimate of drug-likeness (QED) is 0.761. The summed E-state index contributed by atoms with van der Waals surface area (Å²) in [6.45, 7) is 5.22. The third-order valence-corrected chi connectivity index (χ3v) is 3.08. The van der Waals surface area contributed by atoms with Crippen LogP contribution in [0.3, 0.4) is 0 Å². The summed E-state index contributed by atoms with van der Waals surface area (Å²) in [7, 11) is 0. The van der Waals surface area contributed by atoms with Crippen LogP contribution < -0.4 is 0 Å². The highest BCUT2D eigenvalue weighted by atomic mass is 35.5. The fourth-order valence-electron chi connectivity index (χ4n) is 2.07. The highest BCUT2D eigenvalue weighted by molar-refractivity contribution is 6.17. The Morgan fingerprint density at radius 1 is 1.42 bits per heavy atom. The number of halogens is 2. The molecule has 1 aromatic carbocycles. The Hall–Kier alpha value is -1.13. The van der Waals surface area contributed by atoms with Crippen LogP contribution in [0.1, 0.15) is 19.7 Å². The molecule has 5 heteroatoms. The Kier molecular flexibility index (Phi) is 4.77. The molecule has 0 fully saturated rings. The zero-order valence-corrected chi connectivity index (χ0v) is 12.0. The summed E-state index contributed by atoms with van der Waals surface area (Å²) in [6.07, 6.45) is 0.806. The van der Waals surface area contributed by atoms with Crippen molar-refractivity contribution in [3.8, 4) is 0 Å². The maximum absolute atomic E-state index is 13.7. The highest BCUT2D eigenvalue weighted by Crippen LogP contribution is 2.19. The number of hydrogen-bond donors (Lipinski definition) is 0. The Balaban J connectivity index is 2.32. The van der Waals surface area contributed by atoms with E-state index in [0.29, 0.717) is 31.0 Å². The number of aromatic nitrogens is 2. The van der Waals surface area contributed by atoms with E-state index >= 15 is 0 Å². The lowest BCUT2D eigenvalue weighted by Crippen LogP contribution is -2.13. The summed E-state index contributed by atoms with van der Waals surface area (Å²) in [4.78, 5) is 4.35. The van der Waals surface area contributed by atoms with Gasteiger partial charge in [0.05, 0.1) is 18.2 Å². The van der Waals surface area contributed by atoms with E-state index in [1.54, 1.807) is 6.07 Å². The number of alkyl halides is 1. The van der Waals surface area contributed by atoms with Gasteiger partial charge in [-0.25, -0.2) is 9.37 Å². The van der Waals surface area contributed by atoms with Crippen molar-refractivity contribution < 1.29 is 9.13 Å². The number of ether oxygens (including phenoxy) is 1. The molecule has 2 rings (SSSR count). The maximum Gasteiger partial charge on any atom is 0.151 e. The number of hydrogen-bond acceptors (Lipinski definition) is 2. The third kappa shape index (κ3) is 3.25. The minimum atomic E-state index is -0.295. The second-order valence-corrected chi connectivity index (χ2v) is 5.02. The fraction of sp³-hybridized carbons (Fsp3) is 0.500. The van der Waals surface area contributed by atoms with Gasteiger partial charge < -0.3 is 9.30 Å². The van der Waals surface area contributed by atoms with Crippen LogP contribution >= 0.6 is 11.6 Å². The van der Waals surface area contributed by atoms with Crippen molar-refractivity contribution in [2.75, 3.05) is 12.5 Å². The van der Waals surface area contributed by atoms with Gasteiger partial charge in [0, 0.05) is 18.8 Å². The molecule has 2 aromatic rings. The molecule has 3 nitrogen and oxygen atoms in total. The molecule has 0 aliphatic heterocycles. The zero-order chi connectivity index (χ0) is 13.8. The van der Waals surface area contributed by atoms with Gasteiger partial charge in [0.15, 0.2) is 5.82 Å². The smallest absolute Gasteiger partial charge is 0.151 e. The number of para-hydroxylation sites is 1. The van der Waals surface area contributed by atoms with Crippen molar-refractivity contribution in [1.82, 2.24) is 9.55 Å². The van der Waals surface area contributed by atoms with Crippen LogP contribution in [-0.2, 0) is 17.7 Å². The van der Waals surface area contributed by atoms with Crippen molar-refractivity contribution >= 4 is 22.6 Å². The molecule has 1 heterocycles. The van der Waals surface area contributed by atoms with E-state index in [2.05, 4.69) is 4.98 Å². The van der Waals surface area contributed by atoms with E-state index < -0.39 is 0 Å². The van der Waals surface area contributed by atoms with Gasteiger partial charge in [-0.05, 0) is 26.0 Å². The molecule has 0 bridgehead atoms. The number of benzene rings is 1. The first-order valence-corrected chi connectivity index (χ1v) is 6.98. The predicted octanol–water partition coefficient (Wildman–Crippen LogP) is 3.38. The standard InChI is InChI=1S/C14H18ClFN2O/c1-10(2)19-9-8-18-12-5-3-4-11(16)14(12)17-13(18)6-7-15/h3-5,10H,6-9H2,1-2H3. The van der Waals surface area contributed by atoms with E-state index in [1.165, 1.54) is 6.07 Å². The fourth-order valence-corrected chi connectivity index (χ4v) is 2.23. The van der Waals surface area contributed by atoms with Crippen LogP contribution in [0.15, 0.2) is 18.2 Å². The second-order valence-electron chi connectivity index (χ2n) is 4.65. The summed E-state index contributed by atoms with van der Waals surface area (Å²) in [5.74, 6) is 0.981. The number of nitrogens with zero attached hydrogens (tertiary/aromatic N) is 2. The van der Waals surface area contributed by atoms with E-state index in [9.17, 15) is 4.39 Å². The highest BCUT2D eigenvalue weighted by Gasteiger charge is 2.13. The SMILES string of the molecule is CC(C)OCCn1c(CCCl)nc2c(F)cccc21. The third-order valence-electron chi connectivity index (χ3n) is 2.89. The molecule has 0 aliphatic rings. The van der Waals surface area contributed by atoms with Crippen molar-refractivity contribution in [2.24, 2.45) is 0 Å². The molecule has 19 heavy (non-hydrogen) atoms. The molecular formula is C14H18ClFN2O. The molecule has 0 saturated carbocycles. The van der Waals surface area contributed by atoms with Gasteiger partial charge in [0.2, 0.25) is 0 Å². The summed E-state index contributed by atoms with van der Waals surface area (Å²) >= 11 is 5.78. The normalized spacial score (nSPS) is 11.6. The number of rotatable bonds is 6.